The van der Waals surface area contributed by atoms with E-state index >= 15 is 4.39 Å². The number of alkyl halides is 5. The van der Waals surface area contributed by atoms with Crippen molar-refractivity contribution in [1.29, 1.82) is 0 Å². The molecule has 4 heterocycles. The average molecular weight is 614 g/mol. The number of hydrogen-bond acceptors (Lipinski definition) is 7. The molecule has 0 saturated heterocycles. The van der Waals surface area contributed by atoms with Crippen molar-refractivity contribution < 1.29 is 35.8 Å². The first-order valence-electron chi connectivity index (χ1n) is 11.9. The van der Waals surface area contributed by atoms with Gasteiger partial charge in [0.05, 0.1) is 34.6 Å². The maximum absolute atomic E-state index is 15.3. The summed E-state index contributed by atoms with van der Waals surface area (Å²) in [6, 6.07) is 5.65. The van der Waals surface area contributed by atoms with E-state index in [1.54, 1.807) is 13.1 Å². The Bertz CT molecular complexity index is 1720. The molecule has 0 saturated carbocycles. The number of ether oxygens (including phenoxy) is 1. The quantitative estimate of drug-likeness (QED) is 0.136. The summed E-state index contributed by atoms with van der Waals surface area (Å²) in [7, 11) is 1.64. The predicted octanol–water partition coefficient (Wildman–Crippen LogP) is 4.59. The molecule has 5 rings (SSSR count). The van der Waals surface area contributed by atoms with Gasteiger partial charge in [0.1, 0.15) is 18.1 Å². The standard InChI is InChI=1S/C24H18ClF6N9O2/c1-37-22(32-12-33-37)15-6-8-38(35-15)16(7-9-42-23(27)28)17-4-2-13(10-40(17)41)20-18(5-3-14(25)21(20)26)39-11-19(34-36-39)24(29,30)31/h2-6,8,10-12,16,23H,7,9H2,1H3/t16-/m1/s1. The van der Waals surface area contributed by atoms with Crippen molar-refractivity contribution >= 4 is 11.6 Å². The number of rotatable bonds is 9. The van der Waals surface area contributed by atoms with Gasteiger partial charge in [-0.05, 0) is 24.3 Å². The summed E-state index contributed by atoms with van der Waals surface area (Å²) in [6.07, 6.45) is -0.532. The highest BCUT2D eigenvalue weighted by Crippen LogP contribution is 2.35. The monoisotopic (exact) mass is 613 g/mol. The van der Waals surface area contributed by atoms with Gasteiger partial charge >= 0.3 is 12.8 Å². The predicted molar refractivity (Wildman–Crippen MR) is 133 cm³/mol. The highest BCUT2D eigenvalue weighted by atomic mass is 35.5. The summed E-state index contributed by atoms with van der Waals surface area (Å²) < 4.78 is 88.4. The van der Waals surface area contributed by atoms with Crippen molar-refractivity contribution in [2.45, 2.75) is 25.3 Å². The molecular formula is C24H18ClF6N9O2. The molecule has 0 fully saturated rings. The zero-order chi connectivity index (χ0) is 30.2. The van der Waals surface area contributed by atoms with Gasteiger partial charge in [-0.25, -0.2) is 18.7 Å². The maximum atomic E-state index is 15.3. The Labute approximate surface area is 237 Å². The van der Waals surface area contributed by atoms with Crippen LogP contribution in [-0.4, -0.2) is 52.8 Å². The first kappa shape index (κ1) is 29.0. The van der Waals surface area contributed by atoms with Gasteiger partial charge in [-0.15, -0.1) is 5.10 Å². The molecule has 0 N–H and O–H groups in total. The molecule has 4 aromatic heterocycles. The molecule has 18 heteroatoms. The van der Waals surface area contributed by atoms with E-state index in [-0.39, 0.29) is 34.0 Å². The van der Waals surface area contributed by atoms with E-state index < -0.39 is 36.9 Å². The first-order valence-corrected chi connectivity index (χ1v) is 12.3. The number of aromatic nitrogens is 9. The van der Waals surface area contributed by atoms with Crippen molar-refractivity contribution in [3.63, 3.8) is 0 Å². The molecule has 0 aliphatic rings. The van der Waals surface area contributed by atoms with E-state index in [4.69, 9.17) is 11.6 Å². The molecule has 42 heavy (non-hydrogen) atoms. The number of benzene rings is 1. The topological polar surface area (TPSA) is 115 Å². The lowest BCUT2D eigenvalue weighted by Gasteiger charge is -2.18. The van der Waals surface area contributed by atoms with Crippen LogP contribution in [0.5, 0.6) is 0 Å². The second kappa shape index (κ2) is 11.4. The molecule has 0 aliphatic carbocycles. The molecule has 0 amide bonds. The molecule has 1 atom stereocenters. The van der Waals surface area contributed by atoms with Crippen LogP contribution in [0.4, 0.5) is 26.3 Å². The lowest BCUT2D eigenvalue weighted by atomic mass is 10.0. The second-order valence-electron chi connectivity index (χ2n) is 8.79. The van der Waals surface area contributed by atoms with Gasteiger partial charge in [0.25, 0.3) is 0 Å². The minimum Gasteiger partial charge on any atom is -0.618 e. The van der Waals surface area contributed by atoms with Crippen LogP contribution < -0.4 is 4.73 Å². The van der Waals surface area contributed by atoms with Crippen molar-refractivity contribution in [2.24, 2.45) is 7.05 Å². The fourth-order valence-electron chi connectivity index (χ4n) is 4.26. The molecule has 220 valence electrons. The summed E-state index contributed by atoms with van der Waals surface area (Å²) in [5, 5.41) is 27.9. The van der Waals surface area contributed by atoms with E-state index in [9.17, 15) is 27.2 Å². The van der Waals surface area contributed by atoms with Crippen LogP contribution in [0, 0.1) is 11.0 Å². The minimum atomic E-state index is -4.80. The van der Waals surface area contributed by atoms with Gasteiger partial charge in [-0.1, -0.05) is 16.8 Å². The van der Waals surface area contributed by atoms with E-state index in [2.05, 4.69) is 30.2 Å². The first-order chi connectivity index (χ1) is 19.9. The van der Waals surface area contributed by atoms with Crippen molar-refractivity contribution in [3.8, 4) is 28.3 Å². The smallest absolute Gasteiger partial charge is 0.436 e. The van der Waals surface area contributed by atoms with Gasteiger partial charge in [-0.2, -0.15) is 36.9 Å². The van der Waals surface area contributed by atoms with Gasteiger partial charge in [-0.3, -0.25) is 4.68 Å². The van der Waals surface area contributed by atoms with Crippen LogP contribution >= 0.6 is 11.6 Å². The summed E-state index contributed by atoms with van der Waals surface area (Å²) in [4.78, 5) is 4.11. The largest absolute Gasteiger partial charge is 0.618 e. The number of halogens is 7. The van der Waals surface area contributed by atoms with Crippen molar-refractivity contribution in [3.05, 3.63) is 82.7 Å². The van der Waals surface area contributed by atoms with Gasteiger partial charge in [0.15, 0.2) is 23.5 Å². The van der Waals surface area contributed by atoms with Crippen LogP contribution in [-0.2, 0) is 18.0 Å². The Hall–Kier alpha value is -4.51. The third kappa shape index (κ3) is 5.78. The van der Waals surface area contributed by atoms with Crippen LogP contribution in [0.3, 0.4) is 0 Å². The van der Waals surface area contributed by atoms with Crippen LogP contribution in [0.1, 0.15) is 23.9 Å². The Morgan fingerprint density at radius 1 is 1.14 bits per heavy atom. The summed E-state index contributed by atoms with van der Waals surface area (Å²) >= 11 is 5.96. The number of nitrogens with zero attached hydrogens (tertiary/aromatic N) is 9. The highest BCUT2D eigenvalue weighted by molar-refractivity contribution is 6.31. The highest BCUT2D eigenvalue weighted by Gasteiger charge is 2.35. The average Bonchev–Trinajstić information content (AvgIpc) is 3.69. The van der Waals surface area contributed by atoms with Crippen LogP contribution in [0.2, 0.25) is 5.02 Å². The molecular weight excluding hydrogens is 596 g/mol. The molecule has 11 nitrogen and oxygen atoms in total. The summed E-state index contributed by atoms with van der Waals surface area (Å²) in [5.74, 6) is -0.610. The lowest BCUT2D eigenvalue weighted by Crippen LogP contribution is -2.36. The fraction of sp³-hybridized carbons (Fsp3) is 0.250. The van der Waals surface area contributed by atoms with E-state index in [1.165, 1.54) is 40.1 Å². The lowest BCUT2D eigenvalue weighted by molar-refractivity contribution is -0.615. The Kier molecular flexibility index (Phi) is 7.87. The minimum absolute atomic E-state index is 0.0216. The fourth-order valence-corrected chi connectivity index (χ4v) is 4.42. The number of pyridine rings is 1. The van der Waals surface area contributed by atoms with Crippen LogP contribution in [0.25, 0.3) is 28.3 Å². The Morgan fingerprint density at radius 2 is 1.93 bits per heavy atom. The second-order valence-corrected chi connectivity index (χ2v) is 9.20. The Morgan fingerprint density at radius 3 is 2.57 bits per heavy atom. The third-order valence-corrected chi connectivity index (χ3v) is 6.47. The molecule has 0 unspecified atom stereocenters. The van der Waals surface area contributed by atoms with Gasteiger partial charge < -0.3 is 9.94 Å². The zero-order valence-corrected chi connectivity index (χ0v) is 22.0. The van der Waals surface area contributed by atoms with Crippen molar-refractivity contribution in [1.82, 2.24) is 39.5 Å². The van der Waals surface area contributed by atoms with E-state index in [0.717, 1.165) is 12.3 Å². The number of hydrogen-bond donors (Lipinski definition) is 0. The van der Waals surface area contributed by atoms with Crippen LogP contribution in [0.15, 0.2) is 55.2 Å². The molecule has 1 aromatic carbocycles. The maximum Gasteiger partial charge on any atom is 0.436 e. The normalized spacial score (nSPS) is 12.8. The van der Waals surface area contributed by atoms with Gasteiger partial charge in [0.2, 0.25) is 5.69 Å². The molecule has 0 aliphatic heterocycles. The number of aryl methyl sites for hydroxylation is 1. The van der Waals surface area contributed by atoms with Crippen molar-refractivity contribution in [2.75, 3.05) is 6.61 Å². The summed E-state index contributed by atoms with van der Waals surface area (Å²) in [6.45, 7) is -3.48. The summed E-state index contributed by atoms with van der Waals surface area (Å²) in [5.41, 5.74) is -1.45. The van der Waals surface area contributed by atoms with Gasteiger partial charge in [0, 0.05) is 25.7 Å². The molecule has 0 spiro atoms. The molecule has 5 aromatic rings. The van der Waals surface area contributed by atoms with E-state index in [1.807, 2.05) is 0 Å². The molecule has 0 radical (unpaired) electrons. The Balaban J connectivity index is 1.55. The molecule has 0 bridgehead atoms. The van der Waals surface area contributed by atoms with E-state index in [0.29, 0.717) is 27.1 Å². The zero-order valence-electron chi connectivity index (χ0n) is 21.3. The third-order valence-electron chi connectivity index (χ3n) is 6.18. The SMILES string of the molecule is Cn1ncnc1-c1ccn([C@H](CCOC(F)F)c2ccc(-c3c(-n4cc(C(F)(F)F)nn4)ccc(Cl)c3F)c[n+]2[O-])n1.